The van der Waals surface area contributed by atoms with Crippen molar-refractivity contribution in [2.45, 2.75) is 39.0 Å². The minimum absolute atomic E-state index is 0.108. The van der Waals surface area contributed by atoms with Gasteiger partial charge in [0.25, 0.3) is 0 Å². The number of hydrogen-bond donors (Lipinski definition) is 0. The van der Waals surface area contributed by atoms with E-state index in [2.05, 4.69) is 4.99 Å². The van der Waals surface area contributed by atoms with E-state index in [1.807, 2.05) is 12.1 Å². The van der Waals surface area contributed by atoms with E-state index in [-0.39, 0.29) is 12.4 Å². The molecule has 144 valence electrons. The number of methoxy groups -OCH3 is 2. The number of hydrogen-bond acceptors (Lipinski definition) is 6. The molecule has 1 aromatic carbocycles. The first-order chi connectivity index (χ1) is 13.0. The van der Waals surface area contributed by atoms with Crippen LogP contribution in [0.2, 0.25) is 0 Å². The lowest BCUT2D eigenvalue weighted by molar-refractivity contribution is -0.139. The van der Waals surface area contributed by atoms with Gasteiger partial charge in [0, 0.05) is 35.4 Å². The predicted octanol–water partition coefficient (Wildman–Crippen LogP) is 3.45. The normalized spacial score (nSPS) is 22.1. The van der Waals surface area contributed by atoms with Gasteiger partial charge in [-0.05, 0) is 32.8 Å². The van der Waals surface area contributed by atoms with Crippen molar-refractivity contribution in [3.63, 3.8) is 0 Å². The van der Waals surface area contributed by atoms with Gasteiger partial charge in [-0.2, -0.15) is 0 Å². The summed E-state index contributed by atoms with van der Waals surface area (Å²) in [5.74, 6) is -0.0206. The van der Waals surface area contributed by atoms with Gasteiger partial charge in [0.2, 0.25) is 0 Å². The molecule has 2 unspecified atom stereocenters. The number of fused-ring (bicyclic) bond motifs is 1. The topological polar surface area (TPSA) is 74.2 Å². The first-order valence-corrected chi connectivity index (χ1v) is 9.21. The van der Waals surface area contributed by atoms with Gasteiger partial charge in [0.1, 0.15) is 17.3 Å². The number of esters is 1. The van der Waals surface area contributed by atoms with Gasteiger partial charge in [-0.3, -0.25) is 9.79 Å². The van der Waals surface area contributed by atoms with E-state index < -0.39 is 17.8 Å². The highest BCUT2D eigenvalue weighted by molar-refractivity contribution is 6.11. The fourth-order valence-electron chi connectivity index (χ4n) is 4.01. The molecule has 6 heteroatoms. The van der Waals surface area contributed by atoms with Crippen molar-refractivity contribution in [3.05, 3.63) is 35.0 Å². The lowest BCUT2D eigenvalue weighted by Crippen LogP contribution is -2.39. The molecule has 27 heavy (non-hydrogen) atoms. The Balaban J connectivity index is 2.20. The summed E-state index contributed by atoms with van der Waals surface area (Å²) in [5, 5.41) is 0. The van der Waals surface area contributed by atoms with Gasteiger partial charge in [-0.15, -0.1) is 0 Å². The van der Waals surface area contributed by atoms with E-state index in [9.17, 15) is 9.59 Å². The molecule has 0 N–H and O–H groups in total. The Hall–Kier alpha value is -2.63. The molecule has 0 amide bonds. The number of benzene rings is 1. The number of carbonyl (C=O) groups is 2. The van der Waals surface area contributed by atoms with Crippen LogP contribution in [0.15, 0.2) is 34.5 Å². The lowest BCUT2D eigenvalue weighted by atomic mass is 9.69. The smallest absolute Gasteiger partial charge is 0.336 e. The summed E-state index contributed by atoms with van der Waals surface area (Å²) < 4.78 is 16.2. The molecule has 2 aliphatic rings. The Morgan fingerprint density at radius 3 is 2.63 bits per heavy atom. The zero-order chi connectivity index (χ0) is 19.6. The Morgan fingerprint density at radius 1 is 1.19 bits per heavy atom. The van der Waals surface area contributed by atoms with E-state index in [1.165, 1.54) is 0 Å². The van der Waals surface area contributed by atoms with E-state index >= 15 is 0 Å². The number of nitrogens with zero attached hydrogens (tertiary/aromatic N) is 1. The molecule has 6 nitrogen and oxygen atoms in total. The third-order valence-corrected chi connectivity index (χ3v) is 5.18. The maximum Gasteiger partial charge on any atom is 0.336 e. The number of rotatable bonds is 5. The average molecular weight is 371 g/mol. The molecule has 2 atom stereocenters. The van der Waals surface area contributed by atoms with Gasteiger partial charge >= 0.3 is 5.97 Å². The van der Waals surface area contributed by atoms with Gasteiger partial charge in [-0.1, -0.05) is 6.07 Å². The second-order valence-corrected chi connectivity index (χ2v) is 6.71. The number of aliphatic imine (C=N–C) groups is 1. The van der Waals surface area contributed by atoms with Crippen molar-refractivity contribution in [1.82, 2.24) is 0 Å². The van der Waals surface area contributed by atoms with Crippen LogP contribution in [-0.2, 0) is 14.3 Å². The standard InChI is InChI=1S/C21H25NO5/c1-5-27-21(24)18-12(2)22-15-7-6-8-16(23)20(15)19(18)14-10-9-13(25-3)11-17(14)26-4/h9-11,19-20H,5-8H2,1-4H3. The molecule has 1 fully saturated rings. The van der Waals surface area contributed by atoms with Crippen LogP contribution in [0, 0.1) is 5.92 Å². The predicted molar refractivity (Wildman–Crippen MR) is 101 cm³/mol. The number of allylic oxidation sites excluding steroid dienone is 1. The van der Waals surface area contributed by atoms with E-state index in [0.29, 0.717) is 29.2 Å². The largest absolute Gasteiger partial charge is 0.497 e. The molecule has 1 saturated carbocycles. The maximum absolute atomic E-state index is 12.8. The van der Waals surface area contributed by atoms with Crippen molar-refractivity contribution < 1.29 is 23.8 Å². The second-order valence-electron chi connectivity index (χ2n) is 6.71. The van der Waals surface area contributed by atoms with Crippen molar-refractivity contribution in [2.24, 2.45) is 10.9 Å². The first-order valence-electron chi connectivity index (χ1n) is 9.21. The van der Waals surface area contributed by atoms with E-state index in [4.69, 9.17) is 14.2 Å². The van der Waals surface area contributed by atoms with Crippen LogP contribution < -0.4 is 9.47 Å². The average Bonchev–Trinajstić information content (AvgIpc) is 2.66. The number of ketones is 1. The molecular weight excluding hydrogens is 346 g/mol. The number of ether oxygens (including phenoxy) is 3. The fraction of sp³-hybridized carbons (Fsp3) is 0.476. The lowest BCUT2D eigenvalue weighted by Gasteiger charge is -2.36. The molecule has 0 saturated heterocycles. The van der Waals surface area contributed by atoms with Crippen LogP contribution in [0.4, 0.5) is 0 Å². The zero-order valence-corrected chi connectivity index (χ0v) is 16.2. The molecule has 0 bridgehead atoms. The Kier molecular flexibility index (Phi) is 5.63. The van der Waals surface area contributed by atoms with E-state index in [1.54, 1.807) is 34.1 Å². The van der Waals surface area contributed by atoms with Crippen molar-refractivity contribution in [2.75, 3.05) is 20.8 Å². The van der Waals surface area contributed by atoms with Crippen LogP contribution in [-0.4, -0.2) is 38.3 Å². The van der Waals surface area contributed by atoms with Crippen LogP contribution in [0.3, 0.4) is 0 Å². The fourth-order valence-corrected chi connectivity index (χ4v) is 4.01. The second kappa shape index (κ2) is 7.94. The van der Waals surface area contributed by atoms with Crippen LogP contribution >= 0.6 is 0 Å². The third-order valence-electron chi connectivity index (χ3n) is 5.18. The summed E-state index contributed by atoms with van der Waals surface area (Å²) in [6.45, 7) is 3.83. The molecule has 0 spiro atoms. The van der Waals surface area contributed by atoms with Crippen molar-refractivity contribution >= 4 is 17.5 Å². The maximum atomic E-state index is 12.8. The van der Waals surface area contributed by atoms with Gasteiger partial charge in [-0.25, -0.2) is 4.79 Å². The molecule has 3 rings (SSSR count). The Morgan fingerprint density at radius 2 is 1.96 bits per heavy atom. The summed E-state index contributed by atoms with van der Waals surface area (Å²) in [6.07, 6.45) is 2.05. The quantitative estimate of drug-likeness (QED) is 0.741. The number of Topliss-reactive ketones (excluding diaryl/α,β-unsaturated/α-hetero) is 1. The zero-order valence-electron chi connectivity index (χ0n) is 16.2. The van der Waals surface area contributed by atoms with Crippen LogP contribution in [0.5, 0.6) is 11.5 Å². The van der Waals surface area contributed by atoms with Crippen LogP contribution in [0.1, 0.15) is 44.6 Å². The third kappa shape index (κ3) is 3.48. The highest BCUT2D eigenvalue weighted by atomic mass is 16.5. The summed E-state index contributed by atoms with van der Waals surface area (Å²) >= 11 is 0. The van der Waals surface area contributed by atoms with Crippen molar-refractivity contribution in [1.29, 1.82) is 0 Å². The highest BCUT2D eigenvalue weighted by Crippen LogP contribution is 2.46. The van der Waals surface area contributed by atoms with E-state index in [0.717, 1.165) is 24.1 Å². The summed E-state index contributed by atoms with van der Waals surface area (Å²) in [4.78, 5) is 30.2. The molecule has 0 radical (unpaired) electrons. The Bertz CT molecular complexity index is 824. The monoisotopic (exact) mass is 371 g/mol. The van der Waals surface area contributed by atoms with Gasteiger partial charge < -0.3 is 14.2 Å². The molecule has 1 aliphatic heterocycles. The number of carbonyl (C=O) groups excluding carboxylic acids is 2. The minimum atomic E-state index is -0.467. The SMILES string of the molecule is CCOC(=O)C1=C(C)N=C2CCCC(=O)C2C1c1ccc(OC)cc1OC. The summed E-state index contributed by atoms with van der Waals surface area (Å²) in [7, 11) is 3.15. The highest BCUT2D eigenvalue weighted by Gasteiger charge is 2.44. The van der Waals surface area contributed by atoms with Crippen molar-refractivity contribution in [3.8, 4) is 11.5 Å². The van der Waals surface area contributed by atoms with Gasteiger partial charge in [0.05, 0.1) is 32.3 Å². The van der Waals surface area contributed by atoms with Crippen LogP contribution in [0.25, 0.3) is 0 Å². The molecule has 1 heterocycles. The summed E-state index contributed by atoms with van der Waals surface area (Å²) in [6, 6.07) is 5.44. The van der Waals surface area contributed by atoms with Gasteiger partial charge in [0.15, 0.2) is 0 Å². The molecule has 1 aliphatic carbocycles. The first kappa shape index (κ1) is 19.1. The Labute approximate surface area is 159 Å². The molecule has 0 aromatic heterocycles. The summed E-state index contributed by atoms with van der Waals surface area (Å²) in [5.41, 5.74) is 2.66. The molecular formula is C21H25NO5. The minimum Gasteiger partial charge on any atom is -0.497 e. The molecule has 1 aromatic rings.